The molecule has 0 saturated heterocycles. The van der Waals surface area contributed by atoms with Gasteiger partial charge in [0.1, 0.15) is 5.82 Å². The molecule has 6 nitrogen and oxygen atoms in total. The number of benzene rings is 2. The maximum absolute atomic E-state index is 12.3. The van der Waals surface area contributed by atoms with Gasteiger partial charge in [-0.1, -0.05) is 36.4 Å². The van der Waals surface area contributed by atoms with E-state index in [4.69, 9.17) is 6.42 Å². The van der Waals surface area contributed by atoms with Crippen molar-refractivity contribution >= 4 is 44.7 Å². The number of thiazole rings is 2. The third-order valence-electron chi connectivity index (χ3n) is 4.45. The number of hydrogen-bond donors (Lipinski definition) is 2. The predicted octanol–water partition coefficient (Wildman–Crippen LogP) is 5.18. The van der Waals surface area contributed by atoms with Crippen LogP contribution in [0.4, 0.5) is 10.6 Å². The van der Waals surface area contributed by atoms with Crippen molar-refractivity contribution in [2.75, 3.05) is 5.32 Å². The Morgan fingerprint density at radius 2 is 2.03 bits per heavy atom. The first-order valence-electron chi connectivity index (χ1n) is 8.97. The maximum atomic E-state index is 12.3. The van der Waals surface area contributed by atoms with Gasteiger partial charge in [0, 0.05) is 10.9 Å². The van der Waals surface area contributed by atoms with Crippen molar-refractivity contribution in [2.45, 2.75) is 12.5 Å². The number of carbonyl (C=O) groups is 1. The Balaban J connectivity index is 1.51. The minimum atomic E-state index is -0.450. The van der Waals surface area contributed by atoms with E-state index < -0.39 is 12.1 Å². The van der Waals surface area contributed by atoms with Crippen molar-refractivity contribution in [2.24, 2.45) is 0 Å². The smallest absolute Gasteiger partial charge is 0.320 e. The number of fused-ring (bicyclic) bond motifs is 1. The average Bonchev–Trinajstić information content (AvgIpc) is 3.42. The molecular formula is C22H15N5OS2. The van der Waals surface area contributed by atoms with E-state index in [1.807, 2.05) is 41.9 Å². The number of hydrogen-bond acceptors (Lipinski definition) is 6. The molecule has 146 valence electrons. The second-order valence-electron chi connectivity index (χ2n) is 6.32. The molecule has 0 bridgehead atoms. The van der Waals surface area contributed by atoms with E-state index in [2.05, 4.69) is 38.7 Å². The van der Waals surface area contributed by atoms with Crippen LogP contribution in [0.1, 0.15) is 23.0 Å². The fourth-order valence-electron chi connectivity index (χ4n) is 3.06. The molecule has 0 spiro atoms. The molecule has 1 atom stereocenters. The third kappa shape index (κ3) is 4.15. The van der Waals surface area contributed by atoms with Crippen molar-refractivity contribution in [3.05, 3.63) is 63.9 Å². The monoisotopic (exact) mass is 429 g/mol. The third-order valence-corrected chi connectivity index (χ3v) is 6.10. The molecule has 2 N–H and O–H groups in total. The zero-order valence-electron chi connectivity index (χ0n) is 15.6. The van der Waals surface area contributed by atoms with Crippen LogP contribution in [-0.4, -0.2) is 16.0 Å². The van der Waals surface area contributed by atoms with E-state index in [1.165, 1.54) is 11.3 Å². The molecule has 0 aliphatic rings. The SMILES string of the molecule is C#Cc1nc(NC(=O)NC(CC#N)c2ccc(-c3cccc4ncsc34)cc2)cs1. The van der Waals surface area contributed by atoms with Gasteiger partial charge < -0.3 is 5.32 Å². The Kier molecular flexibility index (Phi) is 5.71. The molecule has 0 fully saturated rings. The second-order valence-corrected chi connectivity index (χ2v) is 8.04. The van der Waals surface area contributed by atoms with E-state index in [9.17, 15) is 10.1 Å². The highest BCUT2D eigenvalue weighted by Gasteiger charge is 2.16. The Bertz CT molecular complexity index is 1280. The molecule has 2 aromatic heterocycles. The molecule has 2 amide bonds. The van der Waals surface area contributed by atoms with Crippen molar-refractivity contribution in [3.8, 4) is 29.5 Å². The summed E-state index contributed by atoms with van der Waals surface area (Å²) in [5.41, 5.74) is 5.81. The van der Waals surface area contributed by atoms with E-state index in [0.717, 1.165) is 26.9 Å². The topological polar surface area (TPSA) is 90.7 Å². The molecule has 2 heterocycles. The summed E-state index contributed by atoms with van der Waals surface area (Å²) in [5.74, 6) is 2.81. The van der Waals surface area contributed by atoms with Gasteiger partial charge >= 0.3 is 6.03 Å². The number of terminal acetylenes is 1. The van der Waals surface area contributed by atoms with Crippen LogP contribution >= 0.6 is 22.7 Å². The van der Waals surface area contributed by atoms with Crippen LogP contribution < -0.4 is 10.6 Å². The fraction of sp³-hybridized carbons (Fsp3) is 0.0909. The van der Waals surface area contributed by atoms with Gasteiger partial charge in [-0.3, -0.25) is 5.32 Å². The molecule has 0 aliphatic carbocycles. The first kappa shape index (κ1) is 19.6. The van der Waals surface area contributed by atoms with Gasteiger partial charge in [-0.15, -0.1) is 29.1 Å². The van der Waals surface area contributed by atoms with E-state index in [-0.39, 0.29) is 6.42 Å². The molecule has 0 radical (unpaired) electrons. The maximum Gasteiger partial charge on any atom is 0.320 e. The molecule has 0 saturated carbocycles. The molecule has 30 heavy (non-hydrogen) atoms. The quantitative estimate of drug-likeness (QED) is 0.428. The lowest BCUT2D eigenvalue weighted by atomic mass is 9.99. The van der Waals surface area contributed by atoms with Crippen molar-refractivity contribution in [1.29, 1.82) is 5.26 Å². The number of rotatable bonds is 5. The van der Waals surface area contributed by atoms with Crippen molar-refractivity contribution in [3.63, 3.8) is 0 Å². The first-order chi connectivity index (χ1) is 14.7. The van der Waals surface area contributed by atoms with E-state index in [1.54, 1.807) is 16.7 Å². The van der Waals surface area contributed by atoms with Gasteiger partial charge in [-0.2, -0.15) is 5.26 Å². The highest BCUT2D eigenvalue weighted by molar-refractivity contribution is 7.17. The highest BCUT2D eigenvalue weighted by atomic mass is 32.1. The normalized spacial score (nSPS) is 11.4. The number of anilines is 1. The van der Waals surface area contributed by atoms with Gasteiger partial charge in [-0.05, 0) is 23.1 Å². The minimum Gasteiger partial charge on any atom is -0.330 e. The summed E-state index contributed by atoms with van der Waals surface area (Å²) in [4.78, 5) is 20.8. The van der Waals surface area contributed by atoms with Crippen LogP contribution in [0.3, 0.4) is 0 Å². The van der Waals surface area contributed by atoms with Gasteiger partial charge in [0.25, 0.3) is 0 Å². The number of amides is 2. The summed E-state index contributed by atoms with van der Waals surface area (Å²) >= 11 is 2.88. The van der Waals surface area contributed by atoms with Crippen LogP contribution in [-0.2, 0) is 0 Å². The highest BCUT2D eigenvalue weighted by Crippen LogP contribution is 2.32. The molecule has 0 aliphatic heterocycles. The van der Waals surface area contributed by atoms with Crippen LogP contribution in [0.5, 0.6) is 0 Å². The predicted molar refractivity (Wildman–Crippen MR) is 120 cm³/mol. The molecule has 8 heteroatoms. The number of carbonyl (C=O) groups excluding carboxylic acids is 1. The van der Waals surface area contributed by atoms with Crippen LogP contribution in [0, 0.1) is 23.7 Å². The van der Waals surface area contributed by atoms with Crippen LogP contribution in [0.2, 0.25) is 0 Å². The summed E-state index contributed by atoms with van der Waals surface area (Å²) < 4.78 is 1.13. The van der Waals surface area contributed by atoms with E-state index in [0.29, 0.717) is 10.8 Å². The standard InChI is InChI=1S/C22H15N5OS2/c1-2-20-26-19(12-29-20)27-22(28)25-17(10-11-23)15-8-6-14(7-9-15)16-4-3-5-18-21(16)30-13-24-18/h1,3-9,12-13,17H,10H2,(H2,25,27,28). The zero-order valence-corrected chi connectivity index (χ0v) is 17.3. The zero-order chi connectivity index (χ0) is 20.9. The summed E-state index contributed by atoms with van der Waals surface area (Å²) in [7, 11) is 0. The van der Waals surface area contributed by atoms with Crippen molar-refractivity contribution < 1.29 is 4.79 Å². The lowest BCUT2D eigenvalue weighted by Gasteiger charge is -2.17. The average molecular weight is 430 g/mol. The number of urea groups is 1. The summed E-state index contributed by atoms with van der Waals surface area (Å²) in [6.45, 7) is 0. The minimum absolute atomic E-state index is 0.143. The molecule has 4 aromatic rings. The van der Waals surface area contributed by atoms with E-state index >= 15 is 0 Å². The molecule has 1 unspecified atom stereocenters. The summed E-state index contributed by atoms with van der Waals surface area (Å²) in [6, 6.07) is 15.1. The van der Waals surface area contributed by atoms with Crippen LogP contribution in [0.15, 0.2) is 53.4 Å². The Morgan fingerprint density at radius 3 is 2.77 bits per heavy atom. The van der Waals surface area contributed by atoms with Gasteiger partial charge in [0.05, 0.1) is 34.3 Å². The van der Waals surface area contributed by atoms with Crippen LogP contribution in [0.25, 0.3) is 21.3 Å². The van der Waals surface area contributed by atoms with Gasteiger partial charge in [0.15, 0.2) is 5.01 Å². The van der Waals surface area contributed by atoms with Gasteiger partial charge in [0.2, 0.25) is 0 Å². The second kappa shape index (κ2) is 8.75. The lowest BCUT2D eigenvalue weighted by Crippen LogP contribution is -2.32. The number of nitrogens with one attached hydrogen (secondary N) is 2. The Morgan fingerprint density at radius 1 is 1.20 bits per heavy atom. The Labute approximate surface area is 181 Å². The number of nitrogens with zero attached hydrogens (tertiary/aromatic N) is 3. The number of nitriles is 1. The Hall–Kier alpha value is -3.72. The molecule has 2 aromatic carbocycles. The first-order valence-corrected chi connectivity index (χ1v) is 10.7. The summed E-state index contributed by atoms with van der Waals surface area (Å²) in [6.07, 6.45) is 5.44. The fourth-order valence-corrected chi connectivity index (χ4v) is 4.44. The van der Waals surface area contributed by atoms with Crippen molar-refractivity contribution in [1.82, 2.24) is 15.3 Å². The lowest BCUT2D eigenvalue weighted by molar-refractivity contribution is 0.248. The molecule has 4 rings (SSSR count). The largest absolute Gasteiger partial charge is 0.330 e. The molecular weight excluding hydrogens is 414 g/mol. The number of aromatic nitrogens is 2. The summed E-state index contributed by atoms with van der Waals surface area (Å²) in [5, 5.41) is 16.8. The van der Waals surface area contributed by atoms with Gasteiger partial charge in [-0.25, -0.2) is 14.8 Å².